The smallest absolute Gasteiger partial charge is 0.181 e. The molecule has 0 saturated heterocycles. The van der Waals surface area contributed by atoms with Gasteiger partial charge in [0.1, 0.15) is 5.69 Å². The minimum atomic E-state index is 0.522. The molecule has 3 rings (SSSR count). The summed E-state index contributed by atoms with van der Waals surface area (Å²) in [7, 11) is 0. The first kappa shape index (κ1) is 13.9. The van der Waals surface area contributed by atoms with Gasteiger partial charge in [-0.15, -0.1) is 0 Å². The Hall–Kier alpha value is -2.04. The predicted octanol–water partition coefficient (Wildman–Crippen LogP) is 4.20. The van der Waals surface area contributed by atoms with Gasteiger partial charge in [-0.2, -0.15) is 0 Å². The highest BCUT2D eigenvalue weighted by Gasteiger charge is 2.16. The molecular formula is C15H11Cl2N3O. The molecule has 0 bridgehead atoms. The summed E-state index contributed by atoms with van der Waals surface area (Å²) >= 11 is 12.3. The van der Waals surface area contributed by atoms with Gasteiger partial charge < -0.3 is 10.3 Å². The molecule has 0 radical (unpaired) electrons. The van der Waals surface area contributed by atoms with E-state index in [1.54, 1.807) is 36.5 Å². The minimum absolute atomic E-state index is 0.522. The lowest BCUT2D eigenvalue weighted by molar-refractivity contribution is 0.415. The maximum atomic E-state index is 6.17. The van der Waals surface area contributed by atoms with Crippen molar-refractivity contribution in [3.8, 4) is 11.3 Å². The third kappa shape index (κ3) is 2.86. The molecule has 0 atom stereocenters. The number of hydrogen-bond donors (Lipinski definition) is 1. The van der Waals surface area contributed by atoms with E-state index in [1.165, 1.54) is 0 Å². The van der Waals surface area contributed by atoms with Crippen molar-refractivity contribution < 1.29 is 4.52 Å². The Morgan fingerprint density at radius 3 is 2.71 bits per heavy atom. The van der Waals surface area contributed by atoms with Gasteiger partial charge in [-0.05, 0) is 18.2 Å². The maximum absolute atomic E-state index is 6.17. The van der Waals surface area contributed by atoms with Crippen LogP contribution in [0, 0.1) is 0 Å². The topological polar surface area (TPSA) is 64.4 Å². The summed E-state index contributed by atoms with van der Waals surface area (Å²) in [5.41, 5.74) is 8.37. The number of rotatable bonds is 2. The normalized spacial score (nSPS) is 14.6. The summed E-state index contributed by atoms with van der Waals surface area (Å²) in [5, 5.41) is 5.08. The molecule has 0 amide bonds. The third-order valence-corrected chi connectivity index (χ3v) is 3.67. The number of benzene rings is 1. The van der Waals surface area contributed by atoms with E-state index in [0.717, 1.165) is 5.71 Å². The lowest BCUT2D eigenvalue weighted by Gasteiger charge is -2.01. The van der Waals surface area contributed by atoms with Crippen LogP contribution in [0.1, 0.15) is 12.2 Å². The average Bonchev–Trinajstić information content (AvgIpc) is 2.81. The van der Waals surface area contributed by atoms with Crippen molar-refractivity contribution in [1.29, 1.82) is 0 Å². The lowest BCUT2D eigenvalue weighted by atomic mass is 10.1. The lowest BCUT2D eigenvalue weighted by Crippen LogP contribution is -1.97. The fourth-order valence-corrected chi connectivity index (χ4v) is 2.58. The molecular weight excluding hydrogens is 309 g/mol. The average molecular weight is 320 g/mol. The Morgan fingerprint density at radius 1 is 1.19 bits per heavy atom. The molecule has 0 fully saturated rings. The van der Waals surface area contributed by atoms with E-state index >= 15 is 0 Å². The summed E-state index contributed by atoms with van der Waals surface area (Å²) in [4.78, 5) is 4.30. The maximum Gasteiger partial charge on any atom is 0.181 e. The highest BCUT2D eigenvalue weighted by molar-refractivity contribution is 6.39. The van der Waals surface area contributed by atoms with E-state index in [-0.39, 0.29) is 0 Å². The van der Waals surface area contributed by atoms with Crippen molar-refractivity contribution in [1.82, 2.24) is 5.16 Å². The molecule has 1 aliphatic heterocycles. The zero-order valence-corrected chi connectivity index (χ0v) is 12.4. The summed E-state index contributed by atoms with van der Waals surface area (Å²) in [6.45, 7) is 0. The first-order chi connectivity index (χ1) is 10.1. The minimum Gasteiger partial charge on any atom is -0.399 e. The van der Waals surface area contributed by atoms with Gasteiger partial charge in [0, 0.05) is 29.9 Å². The van der Waals surface area contributed by atoms with Crippen LogP contribution in [-0.4, -0.2) is 10.9 Å². The van der Waals surface area contributed by atoms with Gasteiger partial charge >= 0.3 is 0 Å². The van der Waals surface area contributed by atoms with Gasteiger partial charge in [0.05, 0.1) is 15.8 Å². The summed E-state index contributed by atoms with van der Waals surface area (Å²) in [5.74, 6) is 0.566. The predicted molar refractivity (Wildman–Crippen MR) is 84.5 cm³/mol. The summed E-state index contributed by atoms with van der Waals surface area (Å²) < 4.78 is 5.36. The zero-order chi connectivity index (χ0) is 14.8. The first-order valence-electron chi connectivity index (χ1n) is 6.25. The monoisotopic (exact) mass is 319 g/mol. The molecule has 21 heavy (non-hydrogen) atoms. The molecule has 0 aliphatic carbocycles. The second kappa shape index (κ2) is 5.76. The highest BCUT2D eigenvalue weighted by atomic mass is 35.5. The van der Waals surface area contributed by atoms with Gasteiger partial charge in [0.15, 0.2) is 5.76 Å². The number of nitrogens with two attached hydrogens (primary N) is 1. The van der Waals surface area contributed by atoms with Gasteiger partial charge in [-0.1, -0.05) is 40.5 Å². The van der Waals surface area contributed by atoms with Gasteiger partial charge in [-0.3, -0.25) is 4.99 Å². The molecule has 2 N–H and O–H groups in total. The molecule has 1 aromatic heterocycles. The van der Waals surface area contributed by atoms with Crippen molar-refractivity contribution in [2.75, 3.05) is 0 Å². The van der Waals surface area contributed by atoms with E-state index in [1.807, 2.05) is 6.08 Å². The number of hydrogen-bond acceptors (Lipinski definition) is 4. The first-order valence-corrected chi connectivity index (χ1v) is 7.01. The van der Waals surface area contributed by atoms with Crippen LogP contribution in [0.5, 0.6) is 0 Å². The molecule has 0 saturated carbocycles. The van der Waals surface area contributed by atoms with Crippen molar-refractivity contribution in [2.24, 2.45) is 10.7 Å². The van der Waals surface area contributed by atoms with Crippen LogP contribution in [-0.2, 0) is 0 Å². The second-order valence-corrected chi connectivity index (χ2v) is 5.29. The number of nitrogens with zero attached hydrogens (tertiary/aromatic N) is 2. The molecule has 1 aliphatic rings. The molecule has 106 valence electrons. The van der Waals surface area contributed by atoms with Crippen molar-refractivity contribution in [3.63, 3.8) is 0 Å². The largest absolute Gasteiger partial charge is 0.399 e. The molecule has 0 spiro atoms. The van der Waals surface area contributed by atoms with E-state index in [9.17, 15) is 0 Å². The van der Waals surface area contributed by atoms with Gasteiger partial charge in [0.2, 0.25) is 0 Å². The van der Waals surface area contributed by atoms with Crippen molar-refractivity contribution >= 4 is 28.9 Å². The molecule has 4 nitrogen and oxygen atoms in total. The van der Waals surface area contributed by atoms with Crippen LogP contribution in [0.4, 0.5) is 0 Å². The molecule has 1 aromatic carbocycles. The van der Waals surface area contributed by atoms with Crippen LogP contribution in [0.2, 0.25) is 10.0 Å². The van der Waals surface area contributed by atoms with Crippen LogP contribution in [0.15, 0.2) is 57.8 Å². The Labute approximate surface area is 131 Å². The van der Waals surface area contributed by atoms with E-state index in [4.69, 9.17) is 33.5 Å². The second-order valence-electron chi connectivity index (χ2n) is 4.47. The molecule has 0 unspecified atom stereocenters. The zero-order valence-electron chi connectivity index (χ0n) is 10.9. The fourth-order valence-electron chi connectivity index (χ4n) is 1.98. The SMILES string of the molecule is NC1=CCC(c2cc(-c3c(Cl)cccc3Cl)no2)=NC=C1. The number of aliphatic imine (C=N–C) groups is 1. The number of halogens is 2. The Bertz CT molecular complexity index is 752. The number of aromatic nitrogens is 1. The van der Waals surface area contributed by atoms with E-state index in [0.29, 0.717) is 39.2 Å². The van der Waals surface area contributed by atoms with Crippen molar-refractivity contribution in [3.05, 3.63) is 64.1 Å². The highest BCUT2D eigenvalue weighted by Crippen LogP contribution is 2.34. The fraction of sp³-hybridized carbons (Fsp3) is 0.0667. The molecule has 2 aromatic rings. The van der Waals surface area contributed by atoms with Gasteiger partial charge in [0.25, 0.3) is 0 Å². The summed E-state index contributed by atoms with van der Waals surface area (Å²) in [6.07, 6.45) is 5.81. The standard InChI is InChI=1S/C15H11Cl2N3O/c16-10-2-1-3-11(17)15(10)13-8-14(21-20-13)12-5-4-9(18)6-7-19-12/h1-4,6-8H,5,18H2. The quantitative estimate of drug-likeness (QED) is 0.902. The molecule has 6 heteroatoms. The van der Waals surface area contributed by atoms with Gasteiger partial charge in [-0.25, -0.2) is 0 Å². The Balaban J connectivity index is 1.98. The molecule has 2 heterocycles. The summed E-state index contributed by atoms with van der Waals surface area (Å²) in [6, 6.07) is 7.07. The third-order valence-electron chi connectivity index (χ3n) is 3.04. The van der Waals surface area contributed by atoms with E-state index < -0.39 is 0 Å². The van der Waals surface area contributed by atoms with Crippen LogP contribution < -0.4 is 5.73 Å². The van der Waals surface area contributed by atoms with Crippen molar-refractivity contribution in [2.45, 2.75) is 6.42 Å². The van der Waals surface area contributed by atoms with Crippen LogP contribution in [0.3, 0.4) is 0 Å². The number of allylic oxidation sites excluding steroid dienone is 2. The Kier molecular flexibility index (Phi) is 3.82. The van der Waals surface area contributed by atoms with Crippen LogP contribution >= 0.6 is 23.2 Å². The van der Waals surface area contributed by atoms with E-state index in [2.05, 4.69) is 10.1 Å². The Morgan fingerprint density at radius 2 is 1.95 bits per heavy atom. The van der Waals surface area contributed by atoms with Crippen LogP contribution in [0.25, 0.3) is 11.3 Å².